The molecular formula is C14H19N3O3. The van der Waals surface area contributed by atoms with Crippen molar-refractivity contribution >= 4 is 5.69 Å². The normalized spacial score (nSPS) is 10.5. The first kappa shape index (κ1) is 16.1. The van der Waals surface area contributed by atoms with E-state index in [1.807, 2.05) is 6.07 Å². The van der Waals surface area contributed by atoms with E-state index in [-0.39, 0.29) is 10.6 Å². The van der Waals surface area contributed by atoms with Crippen LogP contribution in [-0.4, -0.2) is 36.6 Å². The molecule has 20 heavy (non-hydrogen) atoms. The molecule has 0 N–H and O–H groups in total. The summed E-state index contributed by atoms with van der Waals surface area (Å²) >= 11 is 0. The van der Waals surface area contributed by atoms with Crippen molar-refractivity contribution < 1.29 is 9.66 Å². The molecular weight excluding hydrogens is 258 g/mol. The van der Waals surface area contributed by atoms with Crippen LogP contribution in [0.25, 0.3) is 0 Å². The van der Waals surface area contributed by atoms with Crippen LogP contribution in [0.15, 0.2) is 18.2 Å². The number of methoxy groups -OCH3 is 1. The number of ether oxygens (including phenoxy) is 1. The Hall–Kier alpha value is -1.97. The molecule has 1 aromatic carbocycles. The summed E-state index contributed by atoms with van der Waals surface area (Å²) in [5.41, 5.74) is 1.72. The van der Waals surface area contributed by atoms with Gasteiger partial charge in [0.05, 0.1) is 17.6 Å². The van der Waals surface area contributed by atoms with E-state index in [9.17, 15) is 10.1 Å². The van der Waals surface area contributed by atoms with Gasteiger partial charge >= 0.3 is 0 Å². The molecule has 0 aromatic heterocycles. The molecule has 0 heterocycles. The number of nitrogens with zero attached hydrogens (tertiary/aromatic N) is 3. The summed E-state index contributed by atoms with van der Waals surface area (Å²) in [6, 6.07) is 7.20. The first-order chi connectivity index (χ1) is 9.60. The predicted octanol–water partition coefficient (Wildman–Crippen LogP) is 2.27. The minimum absolute atomic E-state index is 0.134. The Morgan fingerprint density at radius 3 is 2.80 bits per heavy atom. The Labute approximate surface area is 118 Å². The maximum absolute atomic E-state index is 10.9. The first-order valence-electron chi connectivity index (χ1n) is 6.41. The minimum atomic E-state index is -0.367. The van der Waals surface area contributed by atoms with E-state index < -0.39 is 0 Å². The second-order valence-electron chi connectivity index (χ2n) is 4.50. The highest BCUT2D eigenvalue weighted by Gasteiger charge is 2.15. The lowest BCUT2D eigenvalue weighted by atomic mass is 10.1. The number of hydrogen-bond acceptors (Lipinski definition) is 5. The van der Waals surface area contributed by atoms with Gasteiger partial charge in [0.15, 0.2) is 0 Å². The second kappa shape index (κ2) is 8.25. The second-order valence-corrected chi connectivity index (χ2v) is 4.50. The Morgan fingerprint density at radius 1 is 1.45 bits per heavy atom. The lowest BCUT2D eigenvalue weighted by Gasteiger charge is -2.21. The van der Waals surface area contributed by atoms with Crippen molar-refractivity contribution in [1.29, 1.82) is 5.26 Å². The molecule has 0 aliphatic carbocycles. The van der Waals surface area contributed by atoms with Crippen molar-refractivity contribution in [2.45, 2.75) is 19.9 Å². The fourth-order valence-corrected chi connectivity index (χ4v) is 1.98. The Balaban J connectivity index is 2.84. The highest BCUT2D eigenvalue weighted by atomic mass is 16.6. The topological polar surface area (TPSA) is 79.4 Å². The summed E-state index contributed by atoms with van der Waals surface area (Å²) in [5.74, 6) is 0. The van der Waals surface area contributed by atoms with Crippen LogP contribution in [0.1, 0.15) is 17.5 Å². The van der Waals surface area contributed by atoms with E-state index in [4.69, 9.17) is 10.00 Å². The summed E-state index contributed by atoms with van der Waals surface area (Å²) in [7, 11) is 1.63. The smallest absolute Gasteiger partial charge is 0.272 e. The van der Waals surface area contributed by atoms with E-state index >= 15 is 0 Å². The Bertz CT molecular complexity index is 497. The summed E-state index contributed by atoms with van der Waals surface area (Å²) in [6.07, 6.45) is 0.428. The third kappa shape index (κ3) is 4.61. The number of rotatable bonds is 8. The summed E-state index contributed by atoms with van der Waals surface area (Å²) in [6.45, 7) is 4.23. The molecule has 6 heteroatoms. The SMILES string of the molecule is COCCN(CCC#N)Cc1cccc([N+](=O)[O-])c1C. The predicted molar refractivity (Wildman–Crippen MR) is 75.2 cm³/mol. The fraction of sp³-hybridized carbons (Fsp3) is 0.500. The molecule has 0 saturated carbocycles. The lowest BCUT2D eigenvalue weighted by molar-refractivity contribution is -0.385. The van der Waals surface area contributed by atoms with E-state index in [1.54, 1.807) is 20.1 Å². The minimum Gasteiger partial charge on any atom is -0.383 e. The summed E-state index contributed by atoms with van der Waals surface area (Å²) in [5, 5.41) is 19.6. The molecule has 1 aromatic rings. The zero-order valence-corrected chi connectivity index (χ0v) is 11.8. The molecule has 0 spiro atoms. The molecule has 1 rings (SSSR count). The van der Waals surface area contributed by atoms with Gasteiger partial charge < -0.3 is 4.74 Å². The molecule has 6 nitrogen and oxygen atoms in total. The van der Waals surface area contributed by atoms with Crippen molar-refractivity contribution in [3.8, 4) is 6.07 Å². The van der Waals surface area contributed by atoms with Gasteiger partial charge in [-0.3, -0.25) is 15.0 Å². The molecule has 0 saturated heterocycles. The van der Waals surface area contributed by atoms with Crippen LogP contribution in [0, 0.1) is 28.4 Å². The van der Waals surface area contributed by atoms with Gasteiger partial charge in [0.1, 0.15) is 0 Å². The van der Waals surface area contributed by atoms with Crippen molar-refractivity contribution in [2.75, 3.05) is 26.8 Å². The van der Waals surface area contributed by atoms with E-state index in [0.717, 1.165) is 5.56 Å². The monoisotopic (exact) mass is 277 g/mol. The molecule has 0 bridgehead atoms. The van der Waals surface area contributed by atoms with Crippen LogP contribution >= 0.6 is 0 Å². The van der Waals surface area contributed by atoms with E-state index in [0.29, 0.717) is 38.2 Å². The molecule has 0 aliphatic rings. The highest BCUT2D eigenvalue weighted by molar-refractivity contribution is 5.44. The van der Waals surface area contributed by atoms with E-state index in [1.165, 1.54) is 6.07 Å². The van der Waals surface area contributed by atoms with Crippen LogP contribution < -0.4 is 0 Å². The number of benzene rings is 1. The average Bonchev–Trinajstić information content (AvgIpc) is 2.43. The van der Waals surface area contributed by atoms with Crippen molar-refractivity contribution in [3.63, 3.8) is 0 Å². The number of nitro benzene ring substituents is 1. The maximum Gasteiger partial charge on any atom is 0.272 e. The van der Waals surface area contributed by atoms with Gasteiger partial charge in [0.25, 0.3) is 5.69 Å². The van der Waals surface area contributed by atoms with Gasteiger partial charge in [0, 0.05) is 44.8 Å². The molecule has 0 aliphatic heterocycles. The van der Waals surface area contributed by atoms with Crippen LogP contribution in [0.3, 0.4) is 0 Å². The van der Waals surface area contributed by atoms with Crippen LogP contribution in [-0.2, 0) is 11.3 Å². The zero-order chi connectivity index (χ0) is 15.0. The first-order valence-corrected chi connectivity index (χ1v) is 6.41. The van der Waals surface area contributed by atoms with E-state index in [2.05, 4.69) is 11.0 Å². The number of hydrogen-bond donors (Lipinski definition) is 0. The highest BCUT2D eigenvalue weighted by Crippen LogP contribution is 2.22. The number of nitriles is 1. The summed E-state index contributed by atoms with van der Waals surface area (Å²) in [4.78, 5) is 12.6. The van der Waals surface area contributed by atoms with Gasteiger partial charge in [-0.1, -0.05) is 12.1 Å². The van der Waals surface area contributed by atoms with Gasteiger partial charge in [-0.2, -0.15) is 5.26 Å². The van der Waals surface area contributed by atoms with Crippen LogP contribution in [0.2, 0.25) is 0 Å². The van der Waals surface area contributed by atoms with Crippen molar-refractivity contribution in [3.05, 3.63) is 39.4 Å². The van der Waals surface area contributed by atoms with Crippen molar-refractivity contribution in [2.24, 2.45) is 0 Å². The van der Waals surface area contributed by atoms with Crippen molar-refractivity contribution in [1.82, 2.24) is 4.90 Å². The third-order valence-electron chi connectivity index (χ3n) is 3.16. The fourth-order valence-electron chi connectivity index (χ4n) is 1.98. The molecule has 108 valence electrons. The van der Waals surface area contributed by atoms with Gasteiger partial charge in [-0.05, 0) is 12.5 Å². The third-order valence-corrected chi connectivity index (χ3v) is 3.16. The molecule has 0 atom stereocenters. The lowest BCUT2D eigenvalue weighted by Crippen LogP contribution is -2.28. The maximum atomic E-state index is 10.9. The Morgan fingerprint density at radius 2 is 2.20 bits per heavy atom. The molecule has 0 fully saturated rings. The average molecular weight is 277 g/mol. The quantitative estimate of drug-likeness (QED) is 0.538. The van der Waals surface area contributed by atoms with Gasteiger partial charge in [0.2, 0.25) is 0 Å². The Kier molecular flexibility index (Phi) is 6.64. The number of nitro groups is 1. The largest absolute Gasteiger partial charge is 0.383 e. The van der Waals surface area contributed by atoms with Gasteiger partial charge in [-0.25, -0.2) is 0 Å². The summed E-state index contributed by atoms with van der Waals surface area (Å²) < 4.78 is 5.05. The van der Waals surface area contributed by atoms with Crippen LogP contribution in [0.4, 0.5) is 5.69 Å². The standard InChI is InChI=1S/C14H19N3O3/c1-12-13(5-3-6-14(12)17(18)19)11-16(8-4-7-15)9-10-20-2/h3,5-6H,4,8-11H2,1-2H3. The van der Waals surface area contributed by atoms with Gasteiger partial charge in [-0.15, -0.1) is 0 Å². The molecule has 0 unspecified atom stereocenters. The molecule has 0 amide bonds. The molecule has 0 radical (unpaired) electrons. The van der Waals surface area contributed by atoms with Crippen LogP contribution in [0.5, 0.6) is 0 Å². The zero-order valence-electron chi connectivity index (χ0n) is 11.8.